The first-order valence-electron chi connectivity index (χ1n) is 8.92. The first-order valence-corrected chi connectivity index (χ1v) is 8.92. The summed E-state index contributed by atoms with van der Waals surface area (Å²) in [6.45, 7) is 1.42. The smallest absolute Gasteiger partial charge is 0.323 e. The van der Waals surface area contributed by atoms with Crippen LogP contribution >= 0.6 is 0 Å². The quantitative estimate of drug-likeness (QED) is 0.516. The molecular formula is C22H20N4O3. The van der Waals surface area contributed by atoms with Gasteiger partial charge in [-0.3, -0.25) is 9.59 Å². The van der Waals surface area contributed by atoms with Gasteiger partial charge in [0.1, 0.15) is 0 Å². The van der Waals surface area contributed by atoms with Gasteiger partial charge < -0.3 is 21.3 Å². The van der Waals surface area contributed by atoms with Crippen molar-refractivity contribution in [3.63, 3.8) is 0 Å². The highest BCUT2D eigenvalue weighted by molar-refractivity contribution is 6.05. The number of para-hydroxylation sites is 1. The lowest BCUT2D eigenvalue weighted by atomic mass is 10.2. The number of rotatable bonds is 5. The highest BCUT2D eigenvalue weighted by atomic mass is 16.2. The molecule has 3 rings (SSSR count). The number of amides is 4. The maximum atomic E-state index is 12.3. The van der Waals surface area contributed by atoms with Crippen LogP contribution in [-0.2, 0) is 4.79 Å². The van der Waals surface area contributed by atoms with Crippen molar-refractivity contribution >= 4 is 40.6 Å². The number of urea groups is 1. The number of hydrogen-bond acceptors (Lipinski definition) is 3. The molecule has 29 heavy (non-hydrogen) atoms. The van der Waals surface area contributed by atoms with Crippen LogP contribution in [0, 0.1) is 0 Å². The monoisotopic (exact) mass is 388 g/mol. The fourth-order valence-electron chi connectivity index (χ4n) is 2.56. The van der Waals surface area contributed by atoms with Crippen LogP contribution < -0.4 is 21.3 Å². The summed E-state index contributed by atoms with van der Waals surface area (Å²) in [5.74, 6) is -0.449. The molecule has 0 atom stereocenters. The van der Waals surface area contributed by atoms with E-state index in [-0.39, 0.29) is 17.8 Å². The molecule has 0 spiro atoms. The van der Waals surface area contributed by atoms with Crippen LogP contribution in [0.5, 0.6) is 0 Å². The Balaban J connectivity index is 1.55. The number of anilines is 4. The molecule has 7 nitrogen and oxygen atoms in total. The summed E-state index contributed by atoms with van der Waals surface area (Å²) in [6.07, 6.45) is 0. The summed E-state index contributed by atoms with van der Waals surface area (Å²) in [6, 6.07) is 22.1. The van der Waals surface area contributed by atoms with Gasteiger partial charge in [-0.2, -0.15) is 0 Å². The second kappa shape index (κ2) is 9.18. The van der Waals surface area contributed by atoms with Crippen molar-refractivity contribution in [1.82, 2.24) is 0 Å². The van der Waals surface area contributed by atoms with Crippen LogP contribution in [0.4, 0.5) is 27.5 Å². The Morgan fingerprint density at radius 1 is 0.552 bits per heavy atom. The van der Waals surface area contributed by atoms with Gasteiger partial charge in [-0.15, -0.1) is 0 Å². The van der Waals surface area contributed by atoms with Crippen molar-refractivity contribution in [2.75, 3.05) is 21.3 Å². The van der Waals surface area contributed by atoms with E-state index in [1.807, 2.05) is 18.2 Å². The van der Waals surface area contributed by atoms with Gasteiger partial charge in [0.2, 0.25) is 5.91 Å². The second-order valence-corrected chi connectivity index (χ2v) is 6.24. The van der Waals surface area contributed by atoms with Gasteiger partial charge in [-0.05, 0) is 60.7 Å². The van der Waals surface area contributed by atoms with Gasteiger partial charge in [0.05, 0.1) is 0 Å². The summed E-state index contributed by atoms with van der Waals surface area (Å²) in [7, 11) is 0. The van der Waals surface area contributed by atoms with E-state index in [4.69, 9.17) is 0 Å². The Morgan fingerprint density at radius 3 is 1.55 bits per heavy atom. The van der Waals surface area contributed by atoms with E-state index in [2.05, 4.69) is 21.3 Å². The fourth-order valence-corrected chi connectivity index (χ4v) is 2.56. The maximum absolute atomic E-state index is 12.3. The fraction of sp³-hybridized carbons (Fsp3) is 0.0455. The molecule has 4 N–H and O–H groups in total. The van der Waals surface area contributed by atoms with Crippen LogP contribution in [0.3, 0.4) is 0 Å². The van der Waals surface area contributed by atoms with Crippen molar-refractivity contribution in [3.05, 3.63) is 84.4 Å². The Hall–Kier alpha value is -4.13. The van der Waals surface area contributed by atoms with Crippen LogP contribution in [0.2, 0.25) is 0 Å². The number of benzene rings is 3. The van der Waals surface area contributed by atoms with E-state index in [1.54, 1.807) is 60.7 Å². The molecule has 7 heteroatoms. The highest BCUT2D eigenvalue weighted by Gasteiger charge is 2.07. The SMILES string of the molecule is CC(=O)Nc1ccc(C(=O)Nc2ccc(NC(=O)Nc3ccccc3)cc2)cc1. The Bertz CT molecular complexity index is 1000. The largest absolute Gasteiger partial charge is 0.326 e. The molecule has 0 heterocycles. The summed E-state index contributed by atoms with van der Waals surface area (Å²) < 4.78 is 0. The molecule has 146 valence electrons. The minimum absolute atomic E-state index is 0.173. The van der Waals surface area contributed by atoms with E-state index in [0.29, 0.717) is 28.3 Å². The lowest BCUT2D eigenvalue weighted by Gasteiger charge is -2.09. The van der Waals surface area contributed by atoms with Crippen LogP contribution in [-0.4, -0.2) is 17.8 Å². The molecule has 0 saturated heterocycles. The minimum atomic E-state index is -0.354. The van der Waals surface area contributed by atoms with Crippen molar-refractivity contribution in [2.45, 2.75) is 6.92 Å². The zero-order chi connectivity index (χ0) is 20.6. The summed E-state index contributed by atoms with van der Waals surface area (Å²) in [5, 5.41) is 10.9. The number of hydrogen-bond donors (Lipinski definition) is 4. The molecule has 3 aromatic rings. The molecule has 0 bridgehead atoms. The first kappa shape index (κ1) is 19.6. The van der Waals surface area contributed by atoms with Crippen molar-refractivity contribution in [3.8, 4) is 0 Å². The predicted molar refractivity (Wildman–Crippen MR) is 114 cm³/mol. The van der Waals surface area contributed by atoms with Crippen LogP contribution in [0.25, 0.3) is 0 Å². The van der Waals surface area contributed by atoms with Crippen molar-refractivity contribution < 1.29 is 14.4 Å². The molecule has 0 saturated carbocycles. The van der Waals surface area contributed by atoms with E-state index in [0.717, 1.165) is 0 Å². The molecular weight excluding hydrogens is 368 g/mol. The zero-order valence-corrected chi connectivity index (χ0v) is 15.7. The van der Waals surface area contributed by atoms with Gasteiger partial charge in [0, 0.05) is 35.2 Å². The average molecular weight is 388 g/mol. The Kier molecular flexibility index (Phi) is 6.22. The number of carbonyl (C=O) groups is 3. The van der Waals surface area contributed by atoms with E-state index >= 15 is 0 Å². The van der Waals surface area contributed by atoms with Crippen molar-refractivity contribution in [1.29, 1.82) is 0 Å². The summed E-state index contributed by atoms with van der Waals surface area (Å²) in [4.78, 5) is 35.4. The first-order chi connectivity index (χ1) is 14.0. The topological polar surface area (TPSA) is 99.3 Å². The highest BCUT2D eigenvalue weighted by Crippen LogP contribution is 2.16. The molecule has 0 aliphatic heterocycles. The third-order valence-corrected chi connectivity index (χ3v) is 3.90. The molecule has 0 aromatic heterocycles. The maximum Gasteiger partial charge on any atom is 0.323 e. The third kappa shape index (κ3) is 5.93. The second-order valence-electron chi connectivity index (χ2n) is 6.24. The third-order valence-electron chi connectivity index (χ3n) is 3.90. The normalized spacial score (nSPS) is 9.97. The summed E-state index contributed by atoms with van der Waals surface area (Å²) >= 11 is 0. The molecule has 0 fully saturated rings. The van der Waals surface area contributed by atoms with E-state index in [1.165, 1.54) is 6.92 Å². The number of nitrogens with one attached hydrogen (secondary N) is 4. The van der Waals surface area contributed by atoms with Crippen LogP contribution in [0.15, 0.2) is 78.9 Å². The standard InChI is InChI=1S/C22H20N4O3/c1-15(27)23-18-9-7-16(8-10-18)21(28)24-19-11-13-20(14-12-19)26-22(29)25-17-5-3-2-4-6-17/h2-14H,1H3,(H,23,27)(H,24,28)(H2,25,26,29). The molecule has 0 radical (unpaired) electrons. The van der Waals surface area contributed by atoms with Gasteiger partial charge in [-0.25, -0.2) is 4.79 Å². The lowest BCUT2D eigenvalue weighted by molar-refractivity contribution is -0.114. The lowest BCUT2D eigenvalue weighted by Crippen LogP contribution is -2.19. The molecule has 0 unspecified atom stereocenters. The summed E-state index contributed by atoms with van der Waals surface area (Å²) in [5.41, 5.74) is 2.96. The van der Waals surface area contributed by atoms with Gasteiger partial charge in [0.25, 0.3) is 5.91 Å². The van der Waals surface area contributed by atoms with Gasteiger partial charge in [0.15, 0.2) is 0 Å². The average Bonchev–Trinajstić information content (AvgIpc) is 2.70. The molecule has 4 amide bonds. The Labute approximate surface area is 168 Å². The van der Waals surface area contributed by atoms with Crippen molar-refractivity contribution in [2.24, 2.45) is 0 Å². The van der Waals surface area contributed by atoms with E-state index in [9.17, 15) is 14.4 Å². The van der Waals surface area contributed by atoms with Gasteiger partial charge in [-0.1, -0.05) is 18.2 Å². The molecule has 0 aliphatic carbocycles. The molecule has 3 aromatic carbocycles. The number of carbonyl (C=O) groups excluding carboxylic acids is 3. The van der Waals surface area contributed by atoms with Crippen LogP contribution in [0.1, 0.15) is 17.3 Å². The Morgan fingerprint density at radius 2 is 1.00 bits per heavy atom. The minimum Gasteiger partial charge on any atom is -0.326 e. The van der Waals surface area contributed by atoms with Gasteiger partial charge >= 0.3 is 6.03 Å². The molecule has 0 aliphatic rings. The zero-order valence-electron chi connectivity index (χ0n) is 15.7. The predicted octanol–water partition coefficient (Wildman–Crippen LogP) is 4.54. The van der Waals surface area contributed by atoms with E-state index < -0.39 is 0 Å².